The molecule has 1 N–H and O–H groups in total. The van der Waals surface area contributed by atoms with E-state index in [1.165, 1.54) is 12.8 Å². The van der Waals surface area contributed by atoms with Gasteiger partial charge in [-0.2, -0.15) is 0 Å². The molecule has 1 aliphatic rings. The van der Waals surface area contributed by atoms with Gasteiger partial charge in [0.15, 0.2) is 0 Å². The molecule has 21 heavy (non-hydrogen) atoms. The summed E-state index contributed by atoms with van der Waals surface area (Å²) < 4.78 is 0. The maximum absolute atomic E-state index is 12.5. The van der Waals surface area contributed by atoms with E-state index in [-0.39, 0.29) is 5.92 Å². The molecule has 124 valence electrons. The van der Waals surface area contributed by atoms with Crippen LogP contribution < -0.4 is 5.32 Å². The first kappa shape index (κ1) is 18.4. The first-order chi connectivity index (χ1) is 9.85. The Bertz CT molecular complexity index is 317. The quantitative estimate of drug-likeness (QED) is 0.698. The summed E-state index contributed by atoms with van der Waals surface area (Å²) in [5.74, 6) is 0.550. The van der Waals surface area contributed by atoms with Crippen LogP contribution in [-0.4, -0.2) is 63.0 Å². The van der Waals surface area contributed by atoms with Gasteiger partial charge in [-0.1, -0.05) is 13.8 Å². The van der Waals surface area contributed by atoms with Crippen molar-refractivity contribution in [2.24, 2.45) is 11.3 Å². The Morgan fingerprint density at radius 1 is 1.38 bits per heavy atom. The molecule has 1 heterocycles. The average molecular weight is 297 g/mol. The van der Waals surface area contributed by atoms with E-state index in [0.29, 0.717) is 11.3 Å². The van der Waals surface area contributed by atoms with Crippen LogP contribution in [0, 0.1) is 11.3 Å². The lowest BCUT2D eigenvalue weighted by atomic mass is 9.84. The van der Waals surface area contributed by atoms with Gasteiger partial charge in [-0.15, -0.1) is 0 Å². The molecule has 4 heteroatoms. The van der Waals surface area contributed by atoms with E-state index in [4.69, 9.17) is 0 Å². The van der Waals surface area contributed by atoms with Gasteiger partial charge < -0.3 is 15.1 Å². The van der Waals surface area contributed by atoms with Gasteiger partial charge in [-0.05, 0) is 64.7 Å². The molecule has 1 unspecified atom stereocenters. The molecule has 0 spiro atoms. The summed E-state index contributed by atoms with van der Waals surface area (Å²) in [5, 5.41) is 3.20. The highest BCUT2D eigenvalue weighted by Crippen LogP contribution is 2.27. The minimum atomic E-state index is 0.209. The van der Waals surface area contributed by atoms with Crippen molar-refractivity contribution in [2.75, 3.05) is 47.3 Å². The van der Waals surface area contributed by atoms with E-state index in [9.17, 15) is 4.79 Å². The Labute approximate surface area is 131 Å². The fourth-order valence-corrected chi connectivity index (χ4v) is 3.13. The van der Waals surface area contributed by atoms with Crippen molar-refractivity contribution < 1.29 is 4.79 Å². The summed E-state index contributed by atoms with van der Waals surface area (Å²) in [5.41, 5.74) is 0.314. The highest BCUT2D eigenvalue weighted by atomic mass is 16.2. The molecule has 0 saturated carbocycles. The van der Waals surface area contributed by atoms with Crippen LogP contribution in [0.25, 0.3) is 0 Å². The third-order valence-electron chi connectivity index (χ3n) is 4.75. The molecule has 1 atom stereocenters. The van der Waals surface area contributed by atoms with E-state index in [1.807, 2.05) is 19.0 Å². The highest BCUT2D eigenvalue weighted by molar-refractivity contribution is 5.78. The highest BCUT2D eigenvalue weighted by Gasteiger charge is 2.27. The molecule has 0 radical (unpaired) electrons. The summed E-state index contributed by atoms with van der Waals surface area (Å²) in [6, 6.07) is 0. The predicted octanol–water partition coefficient (Wildman–Crippen LogP) is 2.20. The van der Waals surface area contributed by atoms with Crippen LogP contribution in [0.3, 0.4) is 0 Å². The van der Waals surface area contributed by atoms with Crippen molar-refractivity contribution in [2.45, 2.75) is 46.0 Å². The van der Waals surface area contributed by atoms with E-state index in [2.05, 4.69) is 31.1 Å². The standard InChI is InChI=1S/C17H35N3O/c1-17(2,9-7-11-18-3)10-13-20(5)16(21)15-8-6-12-19(4)14-15/h15,18H,6-14H2,1-5H3. The summed E-state index contributed by atoms with van der Waals surface area (Å²) in [7, 11) is 6.09. The Balaban J connectivity index is 2.34. The van der Waals surface area contributed by atoms with Crippen molar-refractivity contribution in [1.82, 2.24) is 15.1 Å². The van der Waals surface area contributed by atoms with Gasteiger partial charge in [-0.25, -0.2) is 0 Å². The molecule has 1 aliphatic heterocycles. The maximum atomic E-state index is 12.5. The van der Waals surface area contributed by atoms with Gasteiger partial charge >= 0.3 is 0 Å². The number of nitrogens with zero attached hydrogens (tertiary/aromatic N) is 2. The minimum absolute atomic E-state index is 0.209. The second-order valence-corrected chi connectivity index (χ2v) is 7.48. The number of piperidine rings is 1. The lowest BCUT2D eigenvalue weighted by molar-refractivity contribution is -0.136. The summed E-state index contributed by atoms with van der Waals surface area (Å²) in [4.78, 5) is 16.8. The lowest BCUT2D eigenvalue weighted by Crippen LogP contribution is -2.43. The zero-order chi connectivity index (χ0) is 15.9. The molecule has 1 saturated heterocycles. The average Bonchev–Trinajstić information content (AvgIpc) is 2.44. The van der Waals surface area contributed by atoms with Gasteiger partial charge in [0.05, 0.1) is 5.92 Å². The molecule has 4 nitrogen and oxygen atoms in total. The molecular weight excluding hydrogens is 262 g/mol. The minimum Gasteiger partial charge on any atom is -0.345 e. The van der Waals surface area contributed by atoms with Crippen molar-refractivity contribution in [3.05, 3.63) is 0 Å². The number of nitrogens with one attached hydrogen (secondary N) is 1. The van der Waals surface area contributed by atoms with E-state index in [0.717, 1.165) is 45.4 Å². The van der Waals surface area contributed by atoms with E-state index in [1.54, 1.807) is 0 Å². The number of amides is 1. The Kier molecular flexibility index (Phi) is 7.67. The molecule has 0 bridgehead atoms. The predicted molar refractivity (Wildman–Crippen MR) is 89.4 cm³/mol. The third-order valence-corrected chi connectivity index (χ3v) is 4.75. The van der Waals surface area contributed by atoms with Gasteiger partial charge in [0.25, 0.3) is 0 Å². The number of carbonyl (C=O) groups is 1. The number of carbonyl (C=O) groups excluding carboxylic acids is 1. The van der Waals surface area contributed by atoms with Crippen LogP contribution in [0.2, 0.25) is 0 Å². The fraction of sp³-hybridized carbons (Fsp3) is 0.941. The first-order valence-electron chi connectivity index (χ1n) is 8.44. The number of hydrogen-bond donors (Lipinski definition) is 1. The number of likely N-dealkylation sites (tertiary alicyclic amines) is 1. The van der Waals surface area contributed by atoms with E-state index < -0.39 is 0 Å². The Morgan fingerprint density at radius 3 is 2.71 bits per heavy atom. The topological polar surface area (TPSA) is 35.6 Å². The molecule has 1 rings (SSSR count). The largest absolute Gasteiger partial charge is 0.345 e. The molecule has 1 fully saturated rings. The number of hydrogen-bond acceptors (Lipinski definition) is 3. The summed E-state index contributed by atoms with van der Waals surface area (Å²) in [6.45, 7) is 8.64. The smallest absolute Gasteiger partial charge is 0.226 e. The van der Waals surface area contributed by atoms with Gasteiger partial charge in [-0.3, -0.25) is 4.79 Å². The monoisotopic (exact) mass is 297 g/mol. The summed E-state index contributed by atoms with van der Waals surface area (Å²) >= 11 is 0. The van der Waals surface area contributed by atoms with Crippen LogP contribution in [0.1, 0.15) is 46.0 Å². The molecule has 0 aromatic heterocycles. The fourth-order valence-electron chi connectivity index (χ4n) is 3.13. The molecule has 0 aliphatic carbocycles. The molecule has 0 aromatic rings. The second kappa shape index (κ2) is 8.74. The van der Waals surface area contributed by atoms with Crippen LogP contribution in [0.5, 0.6) is 0 Å². The molecular formula is C17H35N3O. The van der Waals surface area contributed by atoms with Crippen LogP contribution in [0.15, 0.2) is 0 Å². The summed E-state index contributed by atoms with van der Waals surface area (Å²) in [6.07, 6.45) is 5.70. The maximum Gasteiger partial charge on any atom is 0.226 e. The second-order valence-electron chi connectivity index (χ2n) is 7.48. The third kappa shape index (κ3) is 6.79. The van der Waals surface area contributed by atoms with Crippen molar-refractivity contribution in [3.8, 4) is 0 Å². The molecule has 0 aromatic carbocycles. The van der Waals surface area contributed by atoms with Gasteiger partial charge in [0.2, 0.25) is 5.91 Å². The molecule has 1 amide bonds. The zero-order valence-corrected chi connectivity index (χ0v) is 14.7. The van der Waals surface area contributed by atoms with Crippen LogP contribution in [0.4, 0.5) is 0 Å². The van der Waals surface area contributed by atoms with Crippen molar-refractivity contribution in [3.63, 3.8) is 0 Å². The Hall–Kier alpha value is -0.610. The van der Waals surface area contributed by atoms with Gasteiger partial charge in [0, 0.05) is 20.1 Å². The van der Waals surface area contributed by atoms with Crippen molar-refractivity contribution in [1.29, 1.82) is 0 Å². The first-order valence-corrected chi connectivity index (χ1v) is 8.44. The normalized spacial score (nSPS) is 20.5. The zero-order valence-electron chi connectivity index (χ0n) is 14.7. The van der Waals surface area contributed by atoms with Crippen molar-refractivity contribution >= 4 is 5.91 Å². The van der Waals surface area contributed by atoms with Crippen LogP contribution >= 0.6 is 0 Å². The van der Waals surface area contributed by atoms with E-state index >= 15 is 0 Å². The lowest BCUT2D eigenvalue weighted by Gasteiger charge is -2.33. The van der Waals surface area contributed by atoms with Crippen LogP contribution in [-0.2, 0) is 4.79 Å². The Morgan fingerprint density at radius 2 is 2.10 bits per heavy atom. The number of rotatable bonds is 8. The SMILES string of the molecule is CNCCCC(C)(C)CCN(C)C(=O)C1CCCN(C)C1. The van der Waals surface area contributed by atoms with Gasteiger partial charge in [0.1, 0.15) is 0 Å².